The molecule has 3 aliphatic rings. The van der Waals surface area contributed by atoms with Crippen molar-refractivity contribution in [1.82, 2.24) is 20.4 Å². The summed E-state index contributed by atoms with van der Waals surface area (Å²) in [6, 6.07) is 10.6. The number of likely N-dealkylation sites (N-methyl/N-ethyl adjacent to an activating group) is 1. The number of hydrogen-bond donors (Lipinski definition) is 2. The van der Waals surface area contributed by atoms with Crippen LogP contribution in [0.1, 0.15) is 50.5 Å². The minimum absolute atomic E-state index is 0.0692. The van der Waals surface area contributed by atoms with E-state index in [1.807, 2.05) is 0 Å². The molecule has 1 unspecified atom stereocenters. The van der Waals surface area contributed by atoms with E-state index >= 15 is 0 Å². The standard InChI is InChI=1S/C26H40N4O2/c1-27-18-24(31)28-25(22-10-6-3-7-11-22)26(32)30-17-14-21-13-16-29(19-23(21)30)15-12-20-8-4-2-5-9-20/h2,4-5,8-9,21-23,25,27H,3,6-7,10-19H2,1H3,(H,28,31)/t21?,23-,25+/m1/s1. The molecule has 1 aromatic carbocycles. The molecule has 2 aliphatic heterocycles. The van der Waals surface area contributed by atoms with Gasteiger partial charge in [-0.05, 0) is 63.1 Å². The zero-order valence-corrected chi connectivity index (χ0v) is 19.6. The van der Waals surface area contributed by atoms with E-state index in [0.29, 0.717) is 12.0 Å². The van der Waals surface area contributed by atoms with Crippen LogP contribution in [0.25, 0.3) is 0 Å². The van der Waals surface area contributed by atoms with Crippen LogP contribution in [0.5, 0.6) is 0 Å². The first-order valence-corrected chi connectivity index (χ1v) is 12.7. The molecule has 6 nitrogen and oxygen atoms in total. The lowest BCUT2D eigenvalue weighted by atomic mass is 9.83. The minimum Gasteiger partial charge on any atom is -0.343 e. The van der Waals surface area contributed by atoms with Gasteiger partial charge in [-0.1, -0.05) is 49.6 Å². The maximum atomic E-state index is 13.8. The van der Waals surface area contributed by atoms with Crippen molar-refractivity contribution in [2.75, 3.05) is 39.8 Å². The maximum Gasteiger partial charge on any atom is 0.245 e. The van der Waals surface area contributed by atoms with Crippen LogP contribution >= 0.6 is 0 Å². The molecular weight excluding hydrogens is 400 g/mol. The minimum atomic E-state index is -0.366. The van der Waals surface area contributed by atoms with Crippen molar-refractivity contribution in [1.29, 1.82) is 0 Å². The third-order valence-electron chi connectivity index (χ3n) is 7.83. The highest BCUT2D eigenvalue weighted by atomic mass is 16.2. The highest BCUT2D eigenvalue weighted by Crippen LogP contribution is 2.34. The third-order valence-corrected chi connectivity index (χ3v) is 7.83. The first kappa shape index (κ1) is 23.2. The fourth-order valence-corrected chi connectivity index (χ4v) is 6.03. The van der Waals surface area contributed by atoms with Crippen LogP contribution < -0.4 is 10.6 Å². The van der Waals surface area contributed by atoms with Crippen LogP contribution in [-0.4, -0.2) is 73.5 Å². The summed E-state index contributed by atoms with van der Waals surface area (Å²) in [5, 5.41) is 6.03. The van der Waals surface area contributed by atoms with Crippen LogP contribution in [-0.2, 0) is 16.0 Å². The number of piperidine rings is 1. The number of hydrogen-bond acceptors (Lipinski definition) is 4. The van der Waals surface area contributed by atoms with Gasteiger partial charge in [-0.25, -0.2) is 0 Å². The van der Waals surface area contributed by atoms with E-state index in [0.717, 1.165) is 64.7 Å². The van der Waals surface area contributed by atoms with Gasteiger partial charge in [0.15, 0.2) is 0 Å². The van der Waals surface area contributed by atoms with E-state index in [9.17, 15) is 9.59 Å². The molecule has 0 radical (unpaired) electrons. The quantitative estimate of drug-likeness (QED) is 0.652. The Balaban J connectivity index is 1.40. The largest absolute Gasteiger partial charge is 0.343 e. The van der Waals surface area contributed by atoms with Gasteiger partial charge in [0.2, 0.25) is 11.8 Å². The number of rotatable bonds is 8. The van der Waals surface area contributed by atoms with E-state index in [2.05, 4.69) is 50.8 Å². The molecule has 32 heavy (non-hydrogen) atoms. The van der Waals surface area contributed by atoms with Crippen molar-refractivity contribution in [3.63, 3.8) is 0 Å². The van der Waals surface area contributed by atoms with Crippen molar-refractivity contribution in [2.24, 2.45) is 11.8 Å². The molecule has 2 amide bonds. The molecule has 0 aromatic heterocycles. The normalized spacial score (nSPS) is 25.3. The summed E-state index contributed by atoms with van der Waals surface area (Å²) in [6.45, 7) is 4.23. The van der Waals surface area contributed by atoms with Gasteiger partial charge in [0, 0.05) is 25.7 Å². The fraction of sp³-hybridized carbons (Fsp3) is 0.692. The number of fused-ring (bicyclic) bond motifs is 1. The van der Waals surface area contributed by atoms with Crippen LogP contribution in [0.3, 0.4) is 0 Å². The van der Waals surface area contributed by atoms with Crippen LogP contribution in [0.15, 0.2) is 30.3 Å². The Labute approximate surface area is 193 Å². The number of amides is 2. The Morgan fingerprint density at radius 1 is 1.03 bits per heavy atom. The van der Waals surface area contributed by atoms with Gasteiger partial charge in [0.25, 0.3) is 0 Å². The molecule has 4 rings (SSSR count). The van der Waals surface area contributed by atoms with Crippen molar-refractivity contribution in [3.05, 3.63) is 35.9 Å². The second-order valence-corrected chi connectivity index (χ2v) is 9.95. The van der Waals surface area contributed by atoms with Gasteiger partial charge in [-0.3, -0.25) is 9.59 Å². The number of benzene rings is 1. The molecule has 3 atom stereocenters. The summed E-state index contributed by atoms with van der Waals surface area (Å²) in [5.74, 6) is 0.972. The predicted molar refractivity (Wildman–Crippen MR) is 127 cm³/mol. The molecule has 0 spiro atoms. The predicted octanol–water partition coefficient (Wildman–Crippen LogP) is 2.44. The number of carbonyl (C=O) groups excluding carboxylic acids is 2. The van der Waals surface area contributed by atoms with Crippen molar-refractivity contribution in [3.8, 4) is 0 Å². The zero-order valence-electron chi connectivity index (χ0n) is 19.6. The summed E-state index contributed by atoms with van der Waals surface area (Å²) in [6.07, 6.45) is 8.98. The van der Waals surface area contributed by atoms with Crippen molar-refractivity contribution in [2.45, 2.75) is 63.5 Å². The summed E-state index contributed by atoms with van der Waals surface area (Å²) in [4.78, 5) is 30.9. The highest BCUT2D eigenvalue weighted by Gasteiger charge is 2.44. The van der Waals surface area contributed by atoms with Crippen molar-refractivity contribution < 1.29 is 9.59 Å². The average Bonchev–Trinajstić information content (AvgIpc) is 3.25. The topological polar surface area (TPSA) is 64.7 Å². The molecule has 2 heterocycles. The molecule has 1 saturated carbocycles. The Hall–Kier alpha value is -1.92. The van der Waals surface area contributed by atoms with E-state index in [4.69, 9.17) is 0 Å². The van der Waals surface area contributed by atoms with Crippen LogP contribution in [0.2, 0.25) is 0 Å². The molecule has 1 aromatic rings. The monoisotopic (exact) mass is 440 g/mol. The molecule has 6 heteroatoms. The number of likely N-dealkylation sites (tertiary alicyclic amines) is 2. The van der Waals surface area contributed by atoms with E-state index in [-0.39, 0.29) is 30.3 Å². The first-order chi connectivity index (χ1) is 15.7. The van der Waals surface area contributed by atoms with Gasteiger partial charge < -0.3 is 20.4 Å². The Bertz CT molecular complexity index is 749. The van der Waals surface area contributed by atoms with Crippen LogP contribution in [0.4, 0.5) is 0 Å². The lowest BCUT2D eigenvalue weighted by Gasteiger charge is -2.40. The molecule has 2 N–H and O–H groups in total. The molecule has 3 fully saturated rings. The van der Waals surface area contributed by atoms with Gasteiger partial charge in [0.05, 0.1) is 6.54 Å². The summed E-state index contributed by atoms with van der Waals surface area (Å²) >= 11 is 0. The van der Waals surface area contributed by atoms with Crippen LogP contribution in [0, 0.1) is 11.8 Å². The Kier molecular flexibility index (Phi) is 8.20. The van der Waals surface area contributed by atoms with E-state index < -0.39 is 0 Å². The SMILES string of the molecule is CNCC(=O)N[C@H](C(=O)N1CCC2CCN(CCc3ccccc3)C[C@H]21)C1CCCCC1. The smallest absolute Gasteiger partial charge is 0.245 e. The number of nitrogens with zero attached hydrogens (tertiary/aromatic N) is 2. The molecule has 0 bridgehead atoms. The first-order valence-electron chi connectivity index (χ1n) is 12.7. The summed E-state index contributed by atoms with van der Waals surface area (Å²) in [7, 11) is 1.77. The van der Waals surface area contributed by atoms with Gasteiger partial charge >= 0.3 is 0 Å². The highest BCUT2D eigenvalue weighted by molar-refractivity contribution is 5.89. The second kappa shape index (κ2) is 11.3. The average molecular weight is 441 g/mol. The number of nitrogens with one attached hydrogen (secondary N) is 2. The lowest BCUT2D eigenvalue weighted by Crippen LogP contribution is -2.58. The molecule has 176 valence electrons. The Morgan fingerprint density at radius 3 is 2.53 bits per heavy atom. The maximum absolute atomic E-state index is 13.8. The van der Waals surface area contributed by atoms with Gasteiger partial charge in [-0.2, -0.15) is 0 Å². The zero-order chi connectivity index (χ0) is 22.3. The van der Waals surface area contributed by atoms with E-state index in [1.54, 1.807) is 7.05 Å². The van der Waals surface area contributed by atoms with E-state index in [1.165, 1.54) is 18.4 Å². The number of carbonyl (C=O) groups is 2. The van der Waals surface area contributed by atoms with Gasteiger partial charge in [0.1, 0.15) is 6.04 Å². The lowest BCUT2D eigenvalue weighted by molar-refractivity contribution is -0.140. The molecule has 2 saturated heterocycles. The van der Waals surface area contributed by atoms with Gasteiger partial charge in [-0.15, -0.1) is 0 Å². The summed E-state index contributed by atoms with van der Waals surface area (Å²) < 4.78 is 0. The molecular formula is C26H40N4O2. The molecule has 1 aliphatic carbocycles. The summed E-state index contributed by atoms with van der Waals surface area (Å²) in [5.41, 5.74) is 1.37. The Morgan fingerprint density at radius 2 is 1.78 bits per heavy atom. The second-order valence-electron chi connectivity index (χ2n) is 9.95. The third kappa shape index (κ3) is 5.70. The fourth-order valence-electron chi connectivity index (χ4n) is 6.03. The van der Waals surface area contributed by atoms with Crippen molar-refractivity contribution >= 4 is 11.8 Å².